The summed E-state index contributed by atoms with van der Waals surface area (Å²) in [6.07, 6.45) is 0.0656. The maximum absolute atomic E-state index is 14.4. The fraction of sp³-hybridized carbons (Fsp3) is 0.559. The third-order valence-electron chi connectivity index (χ3n) is 6.56. The van der Waals surface area contributed by atoms with Crippen molar-refractivity contribution in [3.8, 4) is 11.5 Å². The Kier molecular flexibility index (Phi) is 15.0. The highest BCUT2D eigenvalue weighted by atomic mass is 32.2. The Balaban J connectivity index is 2.36. The number of aryl methyl sites for hydroxylation is 1. The van der Waals surface area contributed by atoms with Crippen LogP contribution in [-0.4, -0.2) is 51.7 Å². The summed E-state index contributed by atoms with van der Waals surface area (Å²) >= 11 is 0. The van der Waals surface area contributed by atoms with E-state index >= 15 is 0 Å². The Morgan fingerprint density at radius 3 is 1.63 bits per heavy atom. The lowest BCUT2D eigenvalue weighted by molar-refractivity contribution is -0.162. The number of rotatable bonds is 17. The minimum atomic E-state index is -4.88. The van der Waals surface area contributed by atoms with Crippen molar-refractivity contribution in [2.24, 2.45) is 16.2 Å². The largest absolute Gasteiger partial charge is 0.457 e. The predicted octanol–water partition coefficient (Wildman–Crippen LogP) is 7.34. The van der Waals surface area contributed by atoms with Crippen molar-refractivity contribution in [1.82, 2.24) is 0 Å². The molecule has 0 aliphatic rings. The molecular formula is C34H49O13PS. The molecule has 0 spiro atoms. The average molecular weight is 729 g/mol. The standard InChI is InChI=1S/C34H49O13PS/c1-32(2,3)29(35)41-22-44-48(38,45-23-42-30(36)33(4,5)6)28(49(39,40)46-24-43-31(37)34(7,8)9)20-14-16-25-15-13-19-27(21-25)47-26-17-11-10-12-18-26/h10-13,15,17-19,21,28H,14,16,20,22-24H2,1-9H3/t28-/m0/s1. The van der Waals surface area contributed by atoms with Crippen molar-refractivity contribution in [1.29, 1.82) is 0 Å². The lowest BCUT2D eigenvalue weighted by Crippen LogP contribution is -2.31. The van der Waals surface area contributed by atoms with E-state index < -0.39 is 77.2 Å². The molecule has 0 aromatic heterocycles. The van der Waals surface area contributed by atoms with Gasteiger partial charge < -0.3 is 18.9 Å². The third kappa shape index (κ3) is 14.2. The lowest BCUT2D eigenvalue weighted by Gasteiger charge is -2.27. The van der Waals surface area contributed by atoms with Crippen molar-refractivity contribution in [2.75, 3.05) is 20.4 Å². The van der Waals surface area contributed by atoms with Crippen LogP contribution in [0.3, 0.4) is 0 Å². The molecule has 49 heavy (non-hydrogen) atoms. The highest BCUT2D eigenvalue weighted by molar-refractivity contribution is 7.94. The van der Waals surface area contributed by atoms with E-state index in [1.807, 2.05) is 24.3 Å². The third-order valence-corrected chi connectivity index (χ3v) is 11.3. The van der Waals surface area contributed by atoms with Crippen LogP contribution in [0, 0.1) is 16.2 Å². The Morgan fingerprint density at radius 1 is 0.673 bits per heavy atom. The summed E-state index contributed by atoms with van der Waals surface area (Å²) in [7, 11) is -9.75. The Morgan fingerprint density at radius 2 is 1.14 bits per heavy atom. The zero-order chi connectivity index (χ0) is 37.1. The van der Waals surface area contributed by atoms with Crippen molar-refractivity contribution < 1.29 is 59.5 Å². The molecular weight excluding hydrogens is 679 g/mol. The second-order valence-corrected chi connectivity index (χ2v) is 18.6. The molecule has 274 valence electrons. The van der Waals surface area contributed by atoms with E-state index in [9.17, 15) is 27.4 Å². The van der Waals surface area contributed by atoms with E-state index in [0.29, 0.717) is 17.9 Å². The van der Waals surface area contributed by atoms with Crippen LogP contribution in [0.5, 0.6) is 11.5 Å². The van der Waals surface area contributed by atoms with E-state index in [2.05, 4.69) is 0 Å². The summed E-state index contributed by atoms with van der Waals surface area (Å²) in [5, 5.41) is 0. The Hall–Kier alpha value is -3.29. The monoisotopic (exact) mass is 728 g/mol. The molecule has 0 bridgehead atoms. The minimum Gasteiger partial charge on any atom is -0.457 e. The zero-order valence-electron chi connectivity index (χ0n) is 29.7. The molecule has 0 N–H and O–H groups in total. The van der Waals surface area contributed by atoms with Gasteiger partial charge in [-0.25, -0.2) is 4.18 Å². The first kappa shape index (κ1) is 41.9. The van der Waals surface area contributed by atoms with Crippen LogP contribution in [0.4, 0.5) is 0 Å². The normalized spacial score (nSPS) is 13.3. The van der Waals surface area contributed by atoms with Gasteiger partial charge in [0.15, 0.2) is 4.99 Å². The fourth-order valence-electron chi connectivity index (χ4n) is 3.71. The van der Waals surface area contributed by atoms with Crippen LogP contribution in [0.2, 0.25) is 0 Å². The van der Waals surface area contributed by atoms with Gasteiger partial charge in [0.25, 0.3) is 10.1 Å². The molecule has 0 fully saturated rings. The summed E-state index contributed by atoms with van der Waals surface area (Å²) in [4.78, 5) is 35.0. The van der Waals surface area contributed by atoms with Crippen LogP contribution in [0.1, 0.15) is 80.7 Å². The van der Waals surface area contributed by atoms with Gasteiger partial charge in [-0.05, 0) is 111 Å². The van der Waals surface area contributed by atoms with Crippen molar-refractivity contribution in [2.45, 2.75) is 86.6 Å². The van der Waals surface area contributed by atoms with Crippen LogP contribution < -0.4 is 4.74 Å². The molecule has 2 rings (SSSR count). The van der Waals surface area contributed by atoms with Crippen molar-refractivity contribution >= 4 is 35.6 Å². The summed E-state index contributed by atoms with van der Waals surface area (Å²) in [6.45, 7) is 11.3. The van der Waals surface area contributed by atoms with Gasteiger partial charge >= 0.3 is 25.5 Å². The highest BCUT2D eigenvalue weighted by Crippen LogP contribution is 2.57. The SMILES string of the molecule is CC(C)(C)C(=O)OCOP(=O)(OCOC(=O)C(C)(C)C)[C@H](CCCc1cccc(Oc2ccccc2)c1)S(=O)(=O)OCOC(=O)C(C)(C)C. The molecule has 1 atom stereocenters. The van der Waals surface area contributed by atoms with E-state index in [4.69, 9.17) is 32.2 Å². The molecule has 13 nitrogen and oxygen atoms in total. The fourth-order valence-corrected chi connectivity index (χ4v) is 7.63. The van der Waals surface area contributed by atoms with Gasteiger partial charge in [0.1, 0.15) is 11.5 Å². The molecule has 2 aromatic rings. The van der Waals surface area contributed by atoms with Gasteiger partial charge in [0, 0.05) is 0 Å². The maximum Gasteiger partial charge on any atom is 0.357 e. The van der Waals surface area contributed by atoms with Crippen molar-refractivity contribution in [3.05, 3.63) is 60.2 Å². The number of carbonyl (C=O) groups is 3. The first-order valence-electron chi connectivity index (χ1n) is 15.7. The molecule has 0 aliphatic heterocycles. The minimum absolute atomic E-state index is 0.115. The summed E-state index contributed by atoms with van der Waals surface area (Å²) < 4.78 is 78.5. The number of esters is 3. The number of ether oxygens (including phenoxy) is 4. The number of carbonyl (C=O) groups excluding carboxylic acids is 3. The summed E-state index contributed by atoms with van der Waals surface area (Å²) in [5.41, 5.74) is -2.10. The van der Waals surface area contributed by atoms with Gasteiger partial charge in [-0.15, -0.1) is 0 Å². The number of benzene rings is 2. The molecule has 0 radical (unpaired) electrons. The summed E-state index contributed by atoms with van der Waals surface area (Å²) in [5.74, 6) is -1.00. The van der Waals surface area contributed by atoms with Crippen molar-refractivity contribution in [3.63, 3.8) is 0 Å². The molecule has 0 saturated carbocycles. The smallest absolute Gasteiger partial charge is 0.357 e. The predicted molar refractivity (Wildman–Crippen MR) is 181 cm³/mol. The molecule has 0 heterocycles. The molecule has 2 aromatic carbocycles. The van der Waals surface area contributed by atoms with Gasteiger partial charge in [-0.2, -0.15) is 8.42 Å². The first-order valence-corrected chi connectivity index (χ1v) is 18.7. The molecule has 0 unspecified atom stereocenters. The molecule has 0 aliphatic carbocycles. The van der Waals surface area contributed by atoms with E-state index in [-0.39, 0.29) is 12.8 Å². The second-order valence-electron chi connectivity index (χ2n) is 14.2. The Labute approximate surface area is 289 Å². The average Bonchev–Trinajstić information content (AvgIpc) is 2.98. The quantitative estimate of drug-likeness (QED) is 0.0522. The molecule has 0 amide bonds. The number of hydrogen-bond acceptors (Lipinski definition) is 13. The topological polar surface area (TPSA) is 167 Å². The maximum atomic E-state index is 14.4. The zero-order valence-corrected chi connectivity index (χ0v) is 31.4. The van der Waals surface area contributed by atoms with Crippen LogP contribution in [-0.2, 0) is 62.9 Å². The number of para-hydroxylation sites is 1. The van der Waals surface area contributed by atoms with Crippen LogP contribution in [0.25, 0.3) is 0 Å². The van der Waals surface area contributed by atoms with E-state index in [1.54, 1.807) is 92.6 Å². The van der Waals surface area contributed by atoms with Gasteiger partial charge in [-0.1, -0.05) is 30.3 Å². The van der Waals surface area contributed by atoms with E-state index in [0.717, 1.165) is 5.56 Å². The lowest BCUT2D eigenvalue weighted by atomic mass is 9.98. The molecule has 0 saturated heterocycles. The Bertz CT molecular complexity index is 1520. The van der Waals surface area contributed by atoms with Crippen LogP contribution in [0.15, 0.2) is 54.6 Å². The number of hydrogen-bond donors (Lipinski definition) is 0. The van der Waals surface area contributed by atoms with Gasteiger partial charge in [0.05, 0.1) is 16.2 Å². The van der Waals surface area contributed by atoms with Gasteiger partial charge in [-0.3, -0.25) is 28.0 Å². The molecule has 15 heteroatoms. The van der Waals surface area contributed by atoms with E-state index in [1.165, 1.54) is 0 Å². The van der Waals surface area contributed by atoms with Crippen LogP contribution >= 0.6 is 7.60 Å². The first-order chi connectivity index (χ1) is 22.5. The highest BCUT2D eigenvalue weighted by Gasteiger charge is 2.47. The van der Waals surface area contributed by atoms with Gasteiger partial charge in [0.2, 0.25) is 20.4 Å². The summed E-state index contributed by atoms with van der Waals surface area (Å²) in [6, 6.07) is 16.3. The second kappa shape index (κ2) is 17.6.